The molecule has 1 N–H and O–H groups in total. The van der Waals surface area contributed by atoms with Crippen molar-refractivity contribution in [2.75, 3.05) is 12.4 Å². The molecule has 0 saturated heterocycles. The monoisotopic (exact) mass is 475 g/mol. The summed E-state index contributed by atoms with van der Waals surface area (Å²) in [6, 6.07) is 22.1. The number of aromatic nitrogens is 4. The second kappa shape index (κ2) is 9.09. The molecule has 0 aliphatic carbocycles. The number of benzene rings is 3. The molecule has 0 aliphatic heterocycles. The number of imidazole rings is 1. The van der Waals surface area contributed by atoms with Gasteiger partial charge in [0.05, 0.1) is 12.7 Å². The first-order valence-corrected chi connectivity index (χ1v) is 10.8. The van der Waals surface area contributed by atoms with Gasteiger partial charge in [-0.05, 0) is 54.1 Å². The third kappa shape index (κ3) is 4.65. The van der Waals surface area contributed by atoms with Crippen molar-refractivity contribution in [2.45, 2.75) is 12.7 Å². The van der Waals surface area contributed by atoms with Crippen LogP contribution in [0.1, 0.15) is 11.1 Å². The number of fused-ring (bicyclic) bond motifs is 1. The maximum Gasteiger partial charge on any atom is 0.416 e. The minimum atomic E-state index is -4.41. The first-order valence-electron chi connectivity index (χ1n) is 10.8. The Morgan fingerprint density at radius 1 is 0.914 bits per heavy atom. The lowest BCUT2D eigenvalue weighted by molar-refractivity contribution is -0.137. The summed E-state index contributed by atoms with van der Waals surface area (Å²) in [4.78, 5) is 13.9. The van der Waals surface area contributed by atoms with E-state index in [9.17, 15) is 13.2 Å². The summed E-state index contributed by atoms with van der Waals surface area (Å²) < 4.78 is 46.5. The lowest BCUT2D eigenvalue weighted by Crippen LogP contribution is -2.08. The number of methoxy groups -OCH3 is 1. The smallest absolute Gasteiger partial charge is 0.416 e. The van der Waals surface area contributed by atoms with Crippen LogP contribution in [0.5, 0.6) is 5.75 Å². The van der Waals surface area contributed by atoms with E-state index in [2.05, 4.69) is 15.3 Å². The summed E-state index contributed by atoms with van der Waals surface area (Å²) in [7, 11) is 1.59. The zero-order chi connectivity index (χ0) is 24.4. The van der Waals surface area contributed by atoms with Crippen molar-refractivity contribution in [3.05, 3.63) is 96.3 Å². The summed E-state index contributed by atoms with van der Waals surface area (Å²) >= 11 is 0. The fourth-order valence-corrected chi connectivity index (χ4v) is 3.71. The number of nitrogens with zero attached hydrogens (tertiary/aromatic N) is 4. The third-order valence-electron chi connectivity index (χ3n) is 5.49. The molecule has 3 aromatic carbocycles. The highest BCUT2D eigenvalue weighted by atomic mass is 19.4. The number of halogens is 3. The lowest BCUT2D eigenvalue weighted by atomic mass is 10.1. The maximum absolute atomic E-state index is 13.1. The van der Waals surface area contributed by atoms with Crippen molar-refractivity contribution in [3.8, 4) is 22.8 Å². The van der Waals surface area contributed by atoms with Crippen LogP contribution in [0.15, 0.2) is 85.2 Å². The zero-order valence-corrected chi connectivity index (χ0v) is 18.6. The van der Waals surface area contributed by atoms with Gasteiger partial charge in [-0.2, -0.15) is 13.2 Å². The van der Waals surface area contributed by atoms with Gasteiger partial charge in [0.2, 0.25) is 0 Å². The van der Waals surface area contributed by atoms with E-state index in [1.54, 1.807) is 19.5 Å². The summed E-state index contributed by atoms with van der Waals surface area (Å²) in [5.74, 6) is 1.57. The zero-order valence-electron chi connectivity index (χ0n) is 18.6. The second-order valence-electron chi connectivity index (χ2n) is 7.80. The Balaban J connectivity index is 1.57. The topological polar surface area (TPSA) is 64.9 Å². The van der Waals surface area contributed by atoms with E-state index in [1.807, 2.05) is 59.2 Å². The van der Waals surface area contributed by atoms with Crippen molar-refractivity contribution < 1.29 is 17.9 Å². The molecule has 0 aliphatic rings. The molecule has 0 spiro atoms. The Hall–Kier alpha value is -4.40. The van der Waals surface area contributed by atoms with Crippen LogP contribution in [-0.4, -0.2) is 26.6 Å². The highest BCUT2D eigenvalue weighted by molar-refractivity contribution is 5.86. The van der Waals surface area contributed by atoms with Gasteiger partial charge in [0.1, 0.15) is 12.1 Å². The number of rotatable bonds is 6. The number of nitrogens with one attached hydrogen (secondary N) is 1. The largest absolute Gasteiger partial charge is 0.497 e. The number of alkyl halides is 3. The minimum absolute atomic E-state index is 0.135. The Kier molecular flexibility index (Phi) is 5.82. The van der Waals surface area contributed by atoms with Crippen LogP contribution in [0.4, 0.5) is 19.0 Å². The van der Waals surface area contributed by atoms with Gasteiger partial charge in [-0.1, -0.05) is 30.3 Å². The summed E-state index contributed by atoms with van der Waals surface area (Å²) in [5, 5.41) is 3.16. The molecule has 0 bridgehead atoms. The minimum Gasteiger partial charge on any atom is -0.497 e. The van der Waals surface area contributed by atoms with Crippen LogP contribution in [0, 0.1) is 0 Å². The molecule has 0 atom stereocenters. The summed E-state index contributed by atoms with van der Waals surface area (Å²) in [6.07, 6.45) is -2.75. The molecule has 35 heavy (non-hydrogen) atoms. The molecule has 0 fully saturated rings. The average Bonchev–Trinajstić information content (AvgIpc) is 3.32. The van der Waals surface area contributed by atoms with Crippen LogP contribution in [0.25, 0.3) is 28.2 Å². The van der Waals surface area contributed by atoms with Gasteiger partial charge >= 0.3 is 6.18 Å². The quantitative estimate of drug-likeness (QED) is 0.320. The summed E-state index contributed by atoms with van der Waals surface area (Å²) in [5.41, 5.74) is 2.49. The fourth-order valence-electron chi connectivity index (χ4n) is 3.71. The van der Waals surface area contributed by atoms with Crippen LogP contribution >= 0.6 is 0 Å². The van der Waals surface area contributed by atoms with Crippen molar-refractivity contribution in [1.82, 2.24) is 19.5 Å². The Morgan fingerprint density at radius 2 is 1.69 bits per heavy atom. The molecule has 0 saturated carbocycles. The lowest BCUT2D eigenvalue weighted by Gasteiger charge is -2.12. The van der Waals surface area contributed by atoms with Gasteiger partial charge in [0.25, 0.3) is 0 Å². The van der Waals surface area contributed by atoms with Crippen LogP contribution in [0.2, 0.25) is 0 Å². The van der Waals surface area contributed by atoms with Gasteiger partial charge in [0.15, 0.2) is 22.8 Å². The molecular formula is C26H20F3N5O. The first kappa shape index (κ1) is 22.4. The Labute approximate surface area is 199 Å². The molecule has 0 unspecified atom stereocenters. The fraction of sp³-hybridized carbons (Fsp3) is 0.115. The van der Waals surface area contributed by atoms with Crippen molar-refractivity contribution in [1.29, 1.82) is 0 Å². The number of ether oxygens (including phenoxy) is 1. The van der Waals surface area contributed by atoms with E-state index < -0.39 is 11.7 Å². The van der Waals surface area contributed by atoms with Crippen molar-refractivity contribution in [2.24, 2.45) is 0 Å². The van der Waals surface area contributed by atoms with Gasteiger partial charge in [-0.3, -0.25) is 4.57 Å². The molecule has 6 nitrogen and oxygen atoms in total. The van der Waals surface area contributed by atoms with E-state index in [-0.39, 0.29) is 6.54 Å². The SMILES string of the molecule is COc1ccc(-c2nc(NCc3cccc(C(F)(F)F)c3)c3ncn(-c4ccccc4)c3n2)cc1. The Bertz CT molecular complexity index is 1460. The molecule has 176 valence electrons. The molecule has 0 amide bonds. The van der Waals surface area contributed by atoms with E-state index in [0.717, 1.165) is 23.4 Å². The molecular weight excluding hydrogens is 455 g/mol. The van der Waals surface area contributed by atoms with Gasteiger partial charge < -0.3 is 10.1 Å². The van der Waals surface area contributed by atoms with Gasteiger partial charge in [-0.15, -0.1) is 0 Å². The van der Waals surface area contributed by atoms with E-state index in [4.69, 9.17) is 9.72 Å². The first-order chi connectivity index (χ1) is 16.9. The number of hydrogen-bond donors (Lipinski definition) is 1. The molecule has 0 radical (unpaired) electrons. The van der Waals surface area contributed by atoms with Crippen LogP contribution in [0.3, 0.4) is 0 Å². The molecule has 5 aromatic rings. The van der Waals surface area contributed by atoms with Crippen LogP contribution < -0.4 is 10.1 Å². The molecule has 9 heteroatoms. The van der Waals surface area contributed by atoms with E-state index in [0.29, 0.717) is 34.1 Å². The highest BCUT2D eigenvalue weighted by Gasteiger charge is 2.30. The maximum atomic E-state index is 13.1. The van der Waals surface area contributed by atoms with Crippen molar-refractivity contribution >= 4 is 17.0 Å². The molecule has 2 aromatic heterocycles. The molecule has 2 heterocycles. The third-order valence-corrected chi connectivity index (χ3v) is 5.49. The number of hydrogen-bond acceptors (Lipinski definition) is 5. The molecule has 5 rings (SSSR count). The summed E-state index contributed by atoms with van der Waals surface area (Å²) in [6.45, 7) is 0.135. The predicted octanol–water partition coefficient (Wildman–Crippen LogP) is 6.12. The normalized spacial score (nSPS) is 11.5. The number of para-hydroxylation sites is 1. The van der Waals surface area contributed by atoms with Crippen molar-refractivity contribution in [3.63, 3.8) is 0 Å². The van der Waals surface area contributed by atoms with E-state index >= 15 is 0 Å². The van der Waals surface area contributed by atoms with Crippen LogP contribution in [-0.2, 0) is 12.7 Å². The highest BCUT2D eigenvalue weighted by Crippen LogP contribution is 2.30. The predicted molar refractivity (Wildman–Crippen MR) is 127 cm³/mol. The van der Waals surface area contributed by atoms with Gasteiger partial charge in [0, 0.05) is 17.8 Å². The average molecular weight is 475 g/mol. The van der Waals surface area contributed by atoms with E-state index in [1.165, 1.54) is 6.07 Å². The Morgan fingerprint density at radius 3 is 2.40 bits per heavy atom. The number of anilines is 1. The second-order valence-corrected chi connectivity index (χ2v) is 7.80. The van der Waals surface area contributed by atoms with Gasteiger partial charge in [-0.25, -0.2) is 15.0 Å². The standard InChI is InChI=1S/C26H20F3N5O/c1-35-21-12-10-18(11-13-21)23-32-24(30-15-17-6-5-7-19(14-17)26(27,28)29)22-25(33-23)34(16-31-22)20-8-3-2-4-9-20/h2-14,16H,15H2,1H3,(H,30,32,33).